The first-order valence-corrected chi connectivity index (χ1v) is 7.32. The van der Waals surface area contributed by atoms with Crippen LogP contribution in [0.2, 0.25) is 0 Å². The van der Waals surface area contributed by atoms with Gasteiger partial charge in [0, 0.05) is 6.04 Å². The molecule has 1 aliphatic rings. The maximum atomic E-state index is 6.23. The predicted molar refractivity (Wildman–Crippen MR) is 77.7 cm³/mol. The lowest BCUT2D eigenvalue weighted by molar-refractivity contribution is 0.274. The molecule has 1 atom stereocenters. The lowest BCUT2D eigenvalue weighted by atomic mass is 9.95. The highest BCUT2D eigenvalue weighted by molar-refractivity contribution is 5.39. The first-order chi connectivity index (χ1) is 9.31. The molecule has 0 spiro atoms. The summed E-state index contributed by atoms with van der Waals surface area (Å²) in [7, 11) is 1.66. The maximum Gasteiger partial charge on any atom is 0.161 e. The van der Waals surface area contributed by atoms with Gasteiger partial charge in [-0.25, -0.2) is 0 Å². The Morgan fingerprint density at radius 2 is 1.89 bits per heavy atom. The summed E-state index contributed by atoms with van der Waals surface area (Å²) in [6, 6.07) is 8.11. The van der Waals surface area contributed by atoms with Crippen LogP contribution in [0.4, 0.5) is 0 Å². The average molecular weight is 263 g/mol. The Bertz CT molecular complexity index is 375. The number of ether oxygens (including phenoxy) is 2. The van der Waals surface area contributed by atoms with Gasteiger partial charge in [0.05, 0.1) is 13.7 Å². The summed E-state index contributed by atoms with van der Waals surface area (Å²) in [4.78, 5) is 0. The number of hydrogen-bond donors (Lipinski definition) is 1. The van der Waals surface area contributed by atoms with Crippen molar-refractivity contribution in [2.24, 2.45) is 11.7 Å². The van der Waals surface area contributed by atoms with Crippen LogP contribution >= 0.6 is 0 Å². The van der Waals surface area contributed by atoms with Crippen LogP contribution in [0.3, 0.4) is 0 Å². The summed E-state index contributed by atoms with van der Waals surface area (Å²) in [6.45, 7) is 0.709. The van der Waals surface area contributed by atoms with Gasteiger partial charge in [-0.05, 0) is 43.7 Å². The van der Waals surface area contributed by atoms with Gasteiger partial charge in [-0.15, -0.1) is 0 Å². The minimum atomic E-state index is 0.351. The Labute approximate surface area is 116 Å². The molecule has 0 radical (unpaired) electrons. The van der Waals surface area contributed by atoms with E-state index in [0.29, 0.717) is 12.6 Å². The largest absolute Gasteiger partial charge is 0.493 e. The van der Waals surface area contributed by atoms with Gasteiger partial charge in [-0.3, -0.25) is 0 Å². The van der Waals surface area contributed by atoms with Crippen LogP contribution in [0.15, 0.2) is 24.3 Å². The molecule has 1 fully saturated rings. The van der Waals surface area contributed by atoms with Crippen molar-refractivity contribution in [1.82, 2.24) is 0 Å². The Hall–Kier alpha value is -1.22. The SMILES string of the molecule is COc1ccccc1OCCCC(N)C1CCCC1. The molecule has 0 aliphatic heterocycles. The van der Waals surface area contributed by atoms with E-state index in [2.05, 4.69) is 0 Å². The molecular weight excluding hydrogens is 238 g/mol. The first-order valence-electron chi connectivity index (χ1n) is 7.32. The van der Waals surface area contributed by atoms with Crippen molar-refractivity contribution in [2.45, 2.75) is 44.6 Å². The van der Waals surface area contributed by atoms with Gasteiger partial charge in [-0.2, -0.15) is 0 Å². The highest BCUT2D eigenvalue weighted by Crippen LogP contribution is 2.29. The van der Waals surface area contributed by atoms with E-state index < -0.39 is 0 Å². The van der Waals surface area contributed by atoms with Crippen molar-refractivity contribution in [2.75, 3.05) is 13.7 Å². The summed E-state index contributed by atoms with van der Waals surface area (Å²) in [5, 5.41) is 0. The molecule has 1 aromatic carbocycles. The van der Waals surface area contributed by atoms with E-state index in [9.17, 15) is 0 Å². The van der Waals surface area contributed by atoms with Gasteiger partial charge in [-0.1, -0.05) is 25.0 Å². The van der Waals surface area contributed by atoms with Crippen molar-refractivity contribution < 1.29 is 9.47 Å². The quantitative estimate of drug-likeness (QED) is 0.767. The topological polar surface area (TPSA) is 44.5 Å². The highest BCUT2D eigenvalue weighted by Gasteiger charge is 2.21. The average Bonchev–Trinajstić information content (AvgIpc) is 2.98. The monoisotopic (exact) mass is 263 g/mol. The Morgan fingerprint density at radius 3 is 2.58 bits per heavy atom. The first kappa shape index (κ1) is 14.2. The summed E-state index contributed by atoms with van der Waals surface area (Å²) < 4.78 is 11.0. The number of benzene rings is 1. The molecule has 0 heterocycles. The van der Waals surface area contributed by atoms with Gasteiger partial charge in [0.1, 0.15) is 0 Å². The number of methoxy groups -OCH3 is 1. The van der Waals surface area contributed by atoms with Crippen LogP contribution in [0.1, 0.15) is 38.5 Å². The molecule has 3 heteroatoms. The lowest BCUT2D eigenvalue weighted by Gasteiger charge is -2.18. The van der Waals surface area contributed by atoms with Gasteiger partial charge < -0.3 is 15.2 Å². The molecule has 1 aliphatic carbocycles. The fourth-order valence-electron chi connectivity index (χ4n) is 2.86. The molecule has 0 aromatic heterocycles. The highest BCUT2D eigenvalue weighted by atomic mass is 16.5. The van der Waals surface area contributed by atoms with Crippen LogP contribution in [-0.2, 0) is 0 Å². The fourth-order valence-corrected chi connectivity index (χ4v) is 2.86. The molecule has 0 bridgehead atoms. The molecule has 0 saturated heterocycles. The minimum absolute atomic E-state index is 0.351. The molecule has 3 nitrogen and oxygen atoms in total. The second-order valence-electron chi connectivity index (χ2n) is 5.35. The summed E-state index contributed by atoms with van der Waals surface area (Å²) >= 11 is 0. The van der Waals surface area contributed by atoms with Gasteiger partial charge in [0.25, 0.3) is 0 Å². The van der Waals surface area contributed by atoms with E-state index in [0.717, 1.165) is 30.3 Å². The molecule has 2 N–H and O–H groups in total. The second-order valence-corrected chi connectivity index (χ2v) is 5.35. The summed E-state index contributed by atoms with van der Waals surface area (Å²) in [5.74, 6) is 2.35. The van der Waals surface area contributed by atoms with Crippen LogP contribution in [-0.4, -0.2) is 19.8 Å². The molecule has 0 amide bonds. The molecule has 1 saturated carbocycles. The molecule has 2 rings (SSSR count). The molecule has 19 heavy (non-hydrogen) atoms. The Morgan fingerprint density at radius 1 is 1.21 bits per heavy atom. The van der Waals surface area contributed by atoms with Crippen LogP contribution < -0.4 is 15.2 Å². The maximum absolute atomic E-state index is 6.23. The second kappa shape index (κ2) is 7.39. The molecule has 1 aromatic rings. The lowest BCUT2D eigenvalue weighted by Crippen LogP contribution is -2.28. The molecule has 106 valence electrons. The van der Waals surface area contributed by atoms with Crippen molar-refractivity contribution in [3.63, 3.8) is 0 Å². The standard InChI is InChI=1S/C16H25NO2/c1-18-15-10-4-5-11-16(15)19-12-6-9-14(17)13-7-2-3-8-13/h4-5,10-11,13-14H,2-3,6-9,12,17H2,1H3. The van der Waals surface area contributed by atoms with E-state index in [4.69, 9.17) is 15.2 Å². The van der Waals surface area contributed by atoms with Gasteiger partial charge in [0.15, 0.2) is 11.5 Å². The van der Waals surface area contributed by atoms with E-state index in [-0.39, 0.29) is 0 Å². The normalized spacial score (nSPS) is 17.4. The summed E-state index contributed by atoms with van der Waals surface area (Å²) in [5.41, 5.74) is 6.23. The smallest absolute Gasteiger partial charge is 0.161 e. The van der Waals surface area contributed by atoms with Crippen molar-refractivity contribution in [3.8, 4) is 11.5 Å². The Balaban J connectivity index is 1.68. The van der Waals surface area contributed by atoms with Gasteiger partial charge in [0.2, 0.25) is 0 Å². The summed E-state index contributed by atoms with van der Waals surface area (Å²) in [6.07, 6.45) is 7.41. The van der Waals surface area contributed by atoms with E-state index in [1.165, 1.54) is 25.7 Å². The number of nitrogens with two attached hydrogens (primary N) is 1. The zero-order chi connectivity index (χ0) is 13.5. The van der Waals surface area contributed by atoms with Crippen molar-refractivity contribution in [3.05, 3.63) is 24.3 Å². The third-order valence-electron chi connectivity index (χ3n) is 4.01. The van der Waals surface area contributed by atoms with Crippen LogP contribution in [0.5, 0.6) is 11.5 Å². The predicted octanol–water partition coefficient (Wildman–Crippen LogP) is 3.37. The number of hydrogen-bond acceptors (Lipinski definition) is 3. The third kappa shape index (κ3) is 4.13. The zero-order valence-corrected chi connectivity index (χ0v) is 11.8. The van der Waals surface area contributed by atoms with Crippen molar-refractivity contribution in [1.29, 1.82) is 0 Å². The van der Waals surface area contributed by atoms with Crippen molar-refractivity contribution >= 4 is 0 Å². The van der Waals surface area contributed by atoms with E-state index >= 15 is 0 Å². The number of para-hydroxylation sites is 2. The van der Waals surface area contributed by atoms with E-state index in [1.807, 2.05) is 24.3 Å². The number of rotatable bonds is 7. The Kier molecular flexibility index (Phi) is 5.52. The minimum Gasteiger partial charge on any atom is -0.493 e. The third-order valence-corrected chi connectivity index (χ3v) is 4.01. The zero-order valence-electron chi connectivity index (χ0n) is 11.8. The molecular formula is C16H25NO2. The van der Waals surface area contributed by atoms with E-state index in [1.54, 1.807) is 7.11 Å². The van der Waals surface area contributed by atoms with Crippen LogP contribution in [0, 0.1) is 5.92 Å². The van der Waals surface area contributed by atoms with Gasteiger partial charge >= 0.3 is 0 Å². The fraction of sp³-hybridized carbons (Fsp3) is 0.625. The molecule has 1 unspecified atom stereocenters. The van der Waals surface area contributed by atoms with Crippen LogP contribution in [0.25, 0.3) is 0 Å².